The first kappa shape index (κ1) is 17.1. The molecule has 0 bridgehead atoms. The molecule has 0 aliphatic carbocycles. The van der Waals surface area contributed by atoms with Gasteiger partial charge in [0.25, 0.3) is 0 Å². The highest BCUT2D eigenvalue weighted by atomic mass is 32.1. The Morgan fingerprint density at radius 3 is 2.74 bits per heavy atom. The van der Waals surface area contributed by atoms with E-state index < -0.39 is 0 Å². The van der Waals surface area contributed by atoms with Gasteiger partial charge in [0.15, 0.2) is 0 Å². The van der Waals surface area contributed by atoms with Gasteiger partial charge in [0.2, 0.25) is 5.91 Å². The van der Waals surface area contributed by atoms with Crippen molar-refractivity contribution in [1.82, 2.24) is 9.97 Å². The summed E-state index contributed by atoms with van der Waals surface area (Å²) in [5.74, 6) is -0.162. The number of hydrogen-bond donors (Lipinski definition) is 1. The van der Waals surface area contributed by atoms with Crippen molar-refractivity contribution in [2.24, 2.45) is 0 Å². The summed E-state index contributed by atoms with van der Waals surface area (Å²) < 4.78 is 0. The van der Waals surface area contributed by atoms with Crippen LogP contribution in [0.4, 0.5) is 5.69 Å². The molecule has 2 aromatic heterocycles. The Balaban J connectivity index is 1.57. The first-order valence-electron chi connectivity index (χ1n) is 8.56. The normalized spacial score (nSPS) is 11.1. The summed E-state index contributed by atoms with van der Waals surface area (Å²) in [5.41, 5.74) is 4.61. The van der Waals surface area contributed by atoms with Crippen molar-refractivity contribution >= 4 is 39.4 Å². The smallest absolute Gasteiger partial charge is 0.248 e. The van der Waals surface area contributed by atoms with Crippen LogP contribution in [0.2, 0.25) is 0 Å². The summed E-state index contributed by atoms with van der Waals surface area (Å²) in [7, 11) is 0. The predicted molar refractivity (Wildman–Crippen MR) is 112 cm³/mol. The molecule has 0 fully saturated rings. The Kier molecular flexibility index (Phi) is 4.77. The van der Waals surface area contributed by atoms with E-state index in [-0.39, 0.29) is 5.91 Å². The van der Waals surface area contributed by atoms with Crippen molar-refractivity contribution in [2.75, 3.05) is 5.32 Å². The van der Waals surface area contributed by atoms with Crippen LogP contribution in [0.3, 0.4) is 0 Å². The van der Waals surface area contributed by atoms with Crippen LogP contribution >= 0.6 is 11.3 Å². The fourth-order valence-electron chi connectivity index (χ4n) is 2.69. The van der Waals surface area contributed by atoms with Crippen LogP contribution in [0.15, 0.2) is 72.9 Å². The molecule has 27 heavy (non-hydrogen) atoms. The Bertz CT molecular complexity index is 1100. The molecule has 0 saturated carbocycles. The number of carbonyl (C=O) groups excluding carboxylic acids is 1. The fourth-order valence-corrected chi connectivity index (χ4v) is 3.60. The van der Waals surface area contributed by atoms with Gasteiger partial charge in [0, 0.05) is 23.5 Å². The maximum Gasteiger partial charge on any atom is 0.248 e. The van der Waals surface area contributed by atoms with Crippen molar-refractivity contribution < 1.29 is 4.79 Å². The number of nitrogens with one attached hydrogen (secondary N) is 1. The maximum atomic E-state index is 12.3. The van der Waals surface area contributed by atoms with Crippen LogP contribution in [0, 0.1) is 6.92 Å². The molecule has 5 heteroatoms. The van der Waals surface area contributed by atoms with E-state index in [1.807, 2.05) is 67.6 Å². The second-order valence-electron chi connectivity index (χ2n) is 6.11. The first-order chi connectivity index (χ1) is 13.2. The molecule has 0 atom stereocenters. The van der Waals surface area contributed by atoms with Gasteiger partial charge in [-0.25, -0.2) is 9.97 Å². The van der Waals surface area contributed by atoms with Crippen LogP contribution in [-0.2, 0) is 4.79 Å². The lowest BCUT2D eigenvalue weighted by Gasteiger charge is -2.08. The van der Waals surface area contributed by atoms with Gasteiger partial charge < -0.3 is 5.32 Å². The Morgan fingerprint density at radius 2 is 1.93 bits per heavy atom. The zero-order valence-electron chi connectivity index (χ0n) is 14.7. The molecule has 0 aliphatic rings. The minimum atomic E-state index is -0.162. The average Bonchev–Trinajstić information content (AvgIpc) is 3.13. The summed E-state index contributed by atoms with van der Waals surface area (Å²) in [6, 6.07) is 19.5. The lowest BCUT2D eigenvalue weighted by Crippen LogP contribution is -2.09. The van der Waals surface area contributed by atoms with Crippen LogP contribution < -0.4 is 5.32 Å². The lowest BCUT2D eigenvalue weighted by molar-refractivity contribution is -0.111. The largest absolute Gasteiger partial charge is 0.322 e. The Morgan fingerprint density at radius 1 is 1.07 bits per heavy atom. The predicted octanol–water partition coefficient (Wildman–Crippen LogP) is 5.32. The standard InChI is InChI=1S/C22H17N3OS/c1-15-9-11-17(21-25-18-8-5-13-23-22(18)27-21)14-19(15)24-20(26)12-10-16-6-3-2-4-7-16/h2-14H,1H3,(H,24,26)/b12-10+. The van der Waals surface area contributed by atoms with E-state index in [0.29, 0.717) is 0 Å². The van der Waals surface area contributed by atoms with Gasteiger partial charge >= 0.3 is 0 Å². The van der Waals surface area contributed by atoms with Gasteiger partial charge in [-0.05, 0) is 42.3 Å². The molecule has 0 unspecified atom stereocenters. The van der Waals surface area contributed by atoms with Crippen molar-refractivity contribution in [3.05, 3.63) is 84.1 Å². The zero-order chi connectivity index (χ0) is 18.6. The van der Waals surface area contributed by atoms with Crippen molar-refractivity contribution in [2.45, 2.75) is 6.92 Å². The van der Waals surface area contributed by atoms with Gasteiger partial charge in [-0.3, -0.25) is 4.79 Å². The highest BCUT2D eigenvalue weighted by molar-refractivity contribution is 7.21. The molecule has 1 N–H and O–H groups in total. The quantitative estimate of drug-likeness (QED) is 0.494. The highest BCUT2D eigenvalue weighted by Gasteiger charge is 2.09. The van der Waals surface area contributed by atoms with Crippen LogP contribution in [-0.4, -0.2) is 15.9 Å². The molecular weight excluding hydrogens is 354 g/mol. The van der Waals surface area contributed by atoms with Gasteiger partial charge in [-0.2, -0.15) is 0 Å². The Hall–Kier alpha value is -3.31. The maximum absolute atomic E-state index is 12.3. The molecule has 132 valence electrons. The Labute approximate surface area is 161 Å². The van der Waals surface area contributed by atoms with Gasteiger partial charge in [0.1, 0.15) is 15.4 Å². The molecule has 0 spiro atoms. The second kappa shape index (κ2) is 7.51. The van der Waals surface area contributed by atoms with E-state index in [1.54, 1.807) is 29.7 Å². The SMILES string of the molecule is Cc1ccc(-c2nc3cccnc3s2)cc1NC(=O)/C=C/c1ccccc1. The van der Waals surface area contributed by atoms with Crippen molar-refractivity contribution in [1.29, 1.82) is 0 Å². The second-order valence-corrected chi connectivity index (χ2v) is 7.09. The third-order valence-electron chi connectivity index (χ3n) is 4.14. The summed E-state index contributed by atoms with van der Waals surface area (Å²) in [5, 5.41) is 3.85. The number of amides is 1. The number of hydrogen-bond acceptors (Lipinski definition) is 4. The highest BCUT2D eigenvalue weighted by Crippen LogP contribution is 2.31. The van der Waals surface area contributed by atoms with Crippen LogP contribution in [0.25, 0.3) is 27.0 Å². The van der Waals surface area contributed by atoms with E-state index in [9.17, 15) is 4.79 Å². The third kappa shape index (κ3) is 3.93. The van der Waals surface area contributed by atoms with E-state index in [1.165, 1.54) is 0 Å². The molecule has 2 heterocycles. The monoisotopic (exact) mass is 371 g/mol. The summed E-state index contributed by atoms with van der Waals surface area (Å²) in [4.78, 5) is 22.2. The first-order valence-corrected chi connectivity index (χ1v) is 9.37. The molecule has 0 aliphatic heterocycles. The number of benzene rings is 2. The molecule has 0 radical (unpaired) electrons. The van der Waals surface area contributed by atoms with E-state index in [0.717, 1.165) is 37.7 Å². The van der Waals surface area contributed by atoms with E-state index >= 15 is 0 Å². The van der Waals surface area contributed by atoms with Crippen LogP contribution in [0.1, 0.15) is 11.1 Å². The zero-order valence-corrected chi connectivity index (χ0v) is 15.5. The number of anilines is 1. The topological polar surface area (TPSA) is 54.9 Å². The van der Waals surface area contributed by atoms with Gasteiger partial charge in [0.05, 0.1) is 0 Å². The lowest BCUT2D eigenvalue weighted by atomic mass is 10.1. The molecule has 1 amide bonds. The number of pyridine rings is 1. The minimum absolute atomic E-state index is 0.162. The number of aryl methyl sites for hydroxylation is 1. The molecule has 2 aromatic carbocycles. The van der Waals surface area contributed by atoms with Gasteiger partial charge in [-0.15, -0.1) is 0 Å². The number of thiazole rings is 1. The van der Waals surface area contributed by atoms with Crippen LogP contribution in [0.5, 0.6) is 0 Å². The summed E-state index contributed by atoms with van der Waals surface area (Å²) in [6.07, 6.45) is 5.11. The van der Waals surface area contributed by atoms with E-state index in [2.05, 4.69) is 15.3 Å². The molecular formula is C22H17N3OS. The molecule has 4 aromatic rings. The third-order valence-corrected chi connectivity index (χ3v) is 5.16. The van der Waals surface area contributed by atoms with Gasteiger partial charge in [-0.1, -0.05) is 53.8 Å². The fraction of sp³-hybridized carbons (Fsp3) is 0.0455. The van der Waals surface area contributed by atoms with Crippen molar-refractivity contribution in [3.63, 3.8) is 0 Å². The van der Waals surface area contributed by atoms with E-state index in [4.69, 9.17) is 0 Å². The number of rotatable bonds is 4. The minimum Gasteiger partial charge on any atom is -0.322 e. The number of fused-ring (bicyclic) bond motifs is 1. The molecule has 4 rings (SSSR count). The number of carbonyl (C=O) groups is 1. The summed E-state index contributed by atoms with van der Waals surface area (Å²) >= 11 is 1.54. The number of aromatic nitrogens is 2. The average molecular weight is 371 g/mol. The molecule has 4 nitrogen and oxygen atoms in total. The summed E-state index contributed by atoms with van der Waals surface area (Å²) in [6.45, 7) is 1.97. The van der Waals surface area contributed by atoms with Crippen molar-refractivity contribution in [3.8, 4) is 10.6 Å². The number of nitrogens with zero attached hydrogens (tertiary/aromatic N) is 2. The molecule has 0 saturated heterocycles.